The number of likely N-dealkylation sites (tertiary alicyclic amines) is 1. The topological polar surface area (TPSA) is 84.7 Å². The molecule has 7 nitrogen and oxygen atoms in total. The molecule has 7 heteroatoms. The zero-order chi connectivity index (χ0) is 15.6. The standard InChI is InChI=1S/C15H15N3O4/c19-13(20)15(18-8-4-7-16-18)10-17(11-15)14(21)22-9-12-5-2-1-3-6-12/h1-8H,9-11H2,(H,19,20). The van der Waals surface area contributed by atoms with Gasteiger partial charge < -0.3 is 14.7 Å². The van der Waals surface area contributed by atoms with Crippen LogP contribution in [0.3, 0.4) is 0 Å². The maximum absolute atomic E-state index is 12.0. The van der Waals surface area contributed by atoms with E-state index in [0.717, 1.165) is 5.56 Å². The number of carbonyl (C=O) groups excluding carboxylic acids is 1. The van der Waals surface area contributed by atoms with Gasteiger partial charge in [-0.15, -0.1) is 0 Å². The first-order chi connectivity index (χ1) is 10.6. The van der Waals surface area contributed by atoms with Crippen LogP contribution in [0.2, 0.25) is 0 Å². The van der Waals surface area contributed by atoms with Crippen molar-refractivity contribution in [2.45, 2.75) is 12.1 Å². The Hall–Kier alpha value is -2.83. The van der Waals surface area contributed by atoms with E-state index < -0.39 is 17.6 Å². The van der Waals surface area contributed by atoms with Crippen LogP contribution in [0.1, 0.15) is 5.56 Å². The van der Waals surface area contributed by atoms with Crippen molar-refractivity contribution in [1.29, 1.82) is 0 Å². The monoisotopic (exact) mass is 301 g/mol. The van der Waals surface area contributed by atoms with Gasteiger partial charge in [0.1, 0.15) is 6.61 Å². The Bertz CT molecular complexity index is 663. The van der Waals surface area contributed by atoms with Crippen LogP contribution < -0.4 is 0 Å². The third kappa shape index (κ3) is 2.41. The minimum atomic E-state index is -1.20. The van der Waals surface area contributed by atoms with Gasteiger partial charge in [0, 0.05) is 12.4 Å². The number of hydrogen-bond donors (Lipinski definition) is 1. The largest absolute Gasteiger partial charge is 0.479 e. The van der Waals surface area contributed by atoms with E-state index in [0.29, 0.717) is 0 Å². The molecule has 114 valence electrons. The van der Waals surface area contributed by atoms with E-state index in [1.165, 1.54) is 15.8 Å². The number of hydrogen-bond acceptors (Lipinski definition) is 4. The summed E-state index contributed by atoms with van der Waals surface area (Å²) in [6.45, 7) is 0.243. The molecule has 1 N–H and O–H groups in total. The molecule has 0 atom stereocenters. The van der Waals surface area contributed by atoms with Crippen LogP contribution in [0.15, 0.2) is 48.8 Å². The highest BCUT2D eigenvalue weighted by Crippen LogP contribution is 2.29. The quantitative estimate of drug-likeness (QED) is 0.920. The van der Waals surface area contributed by atoms with Crippen molar-refractivity contribution in [3.63, 3.8) is 0 Å². The molecule has 3 rings (SSSR count). The van der Waals surface area contributed by atoms with E-state index in [9.17, 15) is 14.7 Å². The van der Waals surface area contributed by atoms with Gasteiger partial charge in [-0.2, -0.15) is 5.10 Å². The average Bonchev–Trinajstić information content (AvgIpc) is 2.99. The van der Waals surface area contributed by atoms with Crippen molar-refractivity contribution in [1.82, 2.24) is 14.7 Å². The first kappa shape index (κ1) is 14.1. The number of carbonyl (C=O) groups is 2. The molecule has 2 heterocycles. The lowest BCUT2D eigenvalue weighted by Gasteiger charge is -2.45. The molecule has 0 radical (unpaired) electrons. The first-order valence-corrected chi connectivity index (χ1v) is 6.81. The maximum Gasteiger partial charge on any atom is 0.410 e. The zero-order valence-electron chi connectivity index (χ0n) is 11.8. The van der Waals surface area contributed by atoms with Gasteiger partial charge >= 0.3 is 12.1 Å². The van der Waals surface area contributed by atoms with E-state index in [2.05, 4.69) is 5.10 Å². The van der Waals surface area contributed by atoms with Crippen molar-refractivity contribution < 1.29 is 19.4 Å². The second-order valence-corrected chi connectivity index (χ2v) is 5.18. The molecule has 22 heavy (non-hydrogen) atoms. The van der Waals surface area contributed by atoms with Gasteiger partial charge in [0.25, 0.3) is 0 Å². The van der Waals surface area contributed by atoms with E-state index >= 15 is 0 Å². The normalized spacial score (nSPS) is 15.9. The number of benzene rings is 1. The third-order valence-electron chi connectivity index (χ3n) is 3.71. The summed E-state index contributed by atoms with van der Waals surface area (Å²) in [4.78, 5) is 24.8. The lowest BCUT2D eigenvalue weighted by Crippen LogP contribution is -2.68. The number of amides is 1. The Labute approximate surface area is 126 Å². The van der Waals surface area contributed by atoms with Crippen LogP contribution >= 0.6 is 0 Å². The van der Waals surface area contributed by atoms with Gasteiger partial charge in [0.15, 0.2) is 5.54 Å². The van der Waals surface area contributed by atoms with Gasteiger partial charge in [0.05, 0.1) is 13.1 Å². The smallest absolute Gasteiger partial charge is 0.410 e. The molecule has 1 aromatic heterocycles. The van der Waals surface area contributed by atoms with Crippen molar-refractivity contribution in [3.8, 4) is 0 Å². The Kier molecular flexibility index (Phi) is 3.54. The average molecular weight is 301 g/mol. The highest BCUT2D eigenvalue weighted by Gasteiger charge is 2.54. The highest BCUT2D eigenvalue weighted by atomic mass is 16.6. The molecular formula is C15H15N3O4. The van der Waals surface area contributed by atoms with Crippen LogP contribution in [-0.4, -0.2) is 44.9 Å². The fraction of sp³-hybridized carbons (Fsp3) is 0.267. The number of nitrogens with zero attached hydrogens (tertiary/aromatic N) is 3. The molecule has 1 aliphatic heterocycles. The summed E-state index contributed by atoms with van der Waals surface area (Å²) in [7, 11) is 0. The van der Waals surface area contributed by atoms with E-state index in [1.54, 1.807) is 12.3 Å². The van der Waals surface area contributed by atoms with Crippen molar-refractivity contribution in [3.05, 3.63) is 54.4 Å². The summed E-state index contributed by atoms with van der Waals surface area (Å²) >= 11 is 0. The molecule has 1 amide bonds. The Morgan fingerprint density at radius 3 is 2.55 bits per heavy atom. The minimum absolute atomic E-state index is 0.0393. The number of aromatic nitrogens is 2. The molecule has 1 saturated heterocycles. The number of rotatable bonds is 4. The van der Waals surface area contributed by atoms with Crippen LogP contribution in [0.4, 0.5) is 4.79 Å². The Morgan fingerprint density at radius 2 is 1.95 bits per heavy atom. The summed E-state index contributed by atoms with van der Waals surface area (Å²) in [6.07, 6.45) is 2.58. The molecule has 1 aromatic carbocycles. The number of ether oxygens (including phenoxy) is 1. The predicted octanol–water partition coefficient (Wildman–Crippen LogP) is 1.32. The van der Waals surface area contributed by atoms with Crippen LogP contribution in [-0.2, 0) is 21.7 Å². The van der Waals surface area contributed by atoms with Gasteiger partial charge in [0.2, 0.25) is 0 Å². The third-order valence-corrected chi connectivity index (χ3v) is 3.71. The molecule has 1 aliphatic rings. The Balaban J connectivity index is 1.60. The van der Waals surface area contributed by atoms with Crippen LogP contribution in [0.25, 0.3) is 0 Å². The minimum Gasteiger partial charge on any atom is -0.479 e. The van der Waals surface area contributed by atoms with Crippen LogP contribution in [0.5, 0.6) is 0 Å². The van der Waals surface area contributed by atoms with Gasteiger partial charge in [-0.05, 0) is 11.6 Å². The van der Waals surface area contributed by atoms with Crippen molar-refractivity contribution in [2.75, 3.05) is 13.1 Å². The lowest BCUT2D eigenvalue weighted by atomic mass is 9.90. The summed E-state index contributed by atoms with van der Waals surface area (Å²) in [5, 5.41) is 13.4. The number of carboxylic acids is 1. The second kappa shape index (κ2) is 5.51. The van der Waals surface area contributed by atoms with Crippen molar-refractivity contribution in [2.24, 2.45) is 0 Å². The van der Waals surface area contributed by atoms with E-state index in [-0.39, 0.29) is 19.7 Å². The molecule has 0 saturated carbocycles. The maximum atomic E-state index is 12.0. The molecule has 0 unspecified atom stereocenters. The first-order valence-electron chi connectivity index (χ1n) is 6.81. The van der Waals surface area contributed by atoms with E-state index in [1.807, 2.05) is 30.3 Å². The Morgan fingerprint density at radius 1 is 1.23 bits per heavy atom. The fourth-order valence-electron chi connectivity index (χ4n) is 2.43. The lowest BCUT2D eigenvalue weighted by molar-refractivity contribution is -0.157. The summed E-state index contributed by atoms with van der Waals surface area (Å²) in [6, 6.07) is 11.0. The SMILES string of the molecule is O=C(OCc1ccccc1)N1CC(C(=O)O)(n2cccn2)C1. The molecule has 2 aromatic rings. The van der Waals surface area contributed by atoms with E-state index in [4.69, 9.17) is 4.74 Å². The van der Waals surface area contributed by atoms with Gasteiger partial charge in [-0.3, -0.25) is 4.68 Å². The summed E-state index contributed by atoms with van der Waals surface area (Å²) < 4.78 is 6.56. The number of aliphatic carboxylic acids is 1. The molecule has 1 fully saturated rings. The van der Waals surface area contributed by atoms with Crippen LogP contribution in [0, 0.1) is 0 Å². The summed E-state index contributed by atoms with van der Waals surface area (Å²) in [5.41, 5.74) is -0.317. The second-order valence-electron chi connectivity index (χ2n) is 5.18. The predicted molar refractivity (Wildman–Crippen MR) is 76.0 cm³/mol. The fourth-order valence-corrected chi connectivity index (χ4v) is 2.43. The van der Waals surface area contributed by atoms with Gasteiger partial charge in [-0.1, -0.05) is 30.3 Å². The molecule has 0 bridgehead atoms. The van der Waals surface area contributed by atoms with Crippen molar-refractivity contribution >= 4 is 12.1 Å². The zero-order valence-corrected chi connectivity index (χ0v) is 11.8. The molecule has 0 aliphatic carbocycles. The molecular weight excluding hydrogens is 286 g/mol. The summed E-state index contributed by atoms with van der Waals surface area (Å²) in [5.74, 6) is -1.01. The highest BCUT2D eigenvalue weighted by molar-refractivity contribution is 5.82. The van der Waals surface area contributed by atoms with Gasteiger partial charge in [-0.25, -0.2) is 9.59 Å². The number of carboxylic acid groups (broad SMARTS) is 1. The molecule has 0 spiro atoms.